The largest absolute Gasteiger partial charge is 0.466 e. The van der Waals surface area contributed by atoms with Gasteiger partial charge in [-0.25, -0.2) is 24.9 Å². The Morgan fingerprint density at radius 2 is 1.79 bits per heavy atom. The molecule has 1 N–H and O–H groups in total. The number of nitrogens with zero attached hydrogens (tertiary/aromatic N) is 8. The van der Waals surface area contributed by atoms with Crippen molar-refractivity contribution in [2.24, 2.45) is 5.41 Å². The van der Waals surface area contributed by atoms with Crippen LogP contribution in [0, 0.1) is 5.41 Å². The fourth-order valence-electron chi connectivity index (χ4n) is 7.63. The summed E-state index contributed by atoms with van der Waals surface area (Å²) in [6, 6.07) is 4.69. The average molecular weight is 722 g/mol. The summed E-state index contributed by atoms with van der Waals surface area (Å²) in [6.07, 6.45) is 5.18. The van der Waals surface area contributed by atoms with Gasteiger partial charge in [-0.2, -0.15) is 13.2 Å². The Balaban J connectivity index is 1.18. The zero-order chi connectivity index (χ0) is 36.5. The fraction of sp³-hybridized carbons (Fsp3) is 0.568. The van der Waals surface area contributed by atoms with E-state index in [0.29, 0.717) is 72.4 Å². The van der Waals surface area contributed by atoms with Gasteiger partial charge in [-0.3, -0.25) is 9.69 Å². The summed E-state index contributed by atoms with van der Waals surface area (Å²) in [7, 11) is 3.73. The molecule has 1 saturated heterocycles. The number of H-pyrrole nitrogens is 1. The zero-order valence-electron chi connectivity index (χ0n) is 30.0. The number of aromatic amines is 1. The molecule has 0 amide bonds. The van der Waals surface area contributed by atoms with Gasteiger partial charge in [-0.05, 0) is 50.8 Å². The quantitative estimate of drug-likeness (QED) is 0.161. The van der Waals surface area contributed by atoms with E-state index in [9.17, 15) is 18.0 Å². The van der Waals surface area contributed by atoms with Crippen LogP contribution in [-0.4, -0.2) is 107 Å². The molecule has 0 spiro atoms. The Morgan fingerprint density at radius 1 is 1.02 bits per heavy atom. The molecule has 15 heteroatoms. The Kier molecular flexibility index (Phi) is 10.3. The van der Waals surface area contributed by atoms with Gasteiger partial charge in [0.25, 0.3) is 0 Å². The Hall–Kier alpha value is -4.37. The zero-order valence-corrected chi connectivity index (χ0v) is 30.0. The van der Waals surface area contributed by atoms with E-state index >= 15 is 0 Å². The van der Waals surface area contributed by atoms with E-state index in [1.165, 1.54) is 0 Å². The van der Waals surface area contributed by atoms with E-state index in [0.717, 1.165) is 82.3 Å². The molecule has 3 aliphatic rings. The number of halogens is 3. The lowest BCUT2D eigenvalue weighted by atomic mass is 9.86. The van der Waals surface area contributed by atoms with E-state index in [1.807, 2.05) is 20.0 Å². The highest BCUT2D eigenvalue weighted by atomic mass is 19.4. The molecular formula is C37H46F3N9O3. The van der Waals surface area contributed by atoms with Crippen molar-refractivity contribution in [1.29, 1.82) is 0 Å². The molecule has 0 radical (unpaired) electrons. The van der Waals surface area contributed by atoms with Crippen molar-refractivity contribution in [2.75, 3.05) is 76.4 Å². The lowest BCUT2D eigenvalue weighted by molar-refractivity contribution is -0.143. The number of anilines is 2. The number of esters is 1. The summed E-state index contributed by atoms with van der Waals surface area (Å²) in [5.41, 5.74) is 2.62. The number of carbonyl (C=O) groups excluding carboxylic acids is 1. The molecule has 5 heterocycles. The van der Waals surface area contributed by atoms with Crippen LogP contribution in [0.15, 0.2) is 30.6 Å². The van der Waals surface area contributed by atoms with E-state index in [1.54, 1.807) is 25.6 Å². The minimum absolute atomic E-state index is 0.0296. The van der Waals surface area contributed by atoms with Crippen LogP contribution in [0.2, 0.25) is 0 Å². The number of rotatable bonds is 13. The number of carbonyl (C=O) groups is 1. The monoisotopic (exact) mass is 721 g/mol. The number of pyridine rings is 2. The van der Waals surface area contributed by atoms with Gasteiger partial charge in [0.05, 0.1) is 43.4 Å². The second kappa shape index (κ2) is 14.9. The first kappa shape index (κ1) is 36.0. The number of aromatic nitrogens is 6. The predicted octanol–water partition coefficient (Wildman–Crippen LogP) is 6.09. The number of alkyl halides is 3. The summed E-state index contributed by atoms with van der Waals surface area (Å²) >= 11 is 0. The average Bonchev–Trinajstić information content (AvgIpc) is 3.75. The third kappa shape index (κ3) is 7.99. The molecule has 4 aromatic heterocycles. The van der Waals surface area contributed by atoms with Crippen LogP contribution in [-0.2, 0) is 20.4 Å². The minimum Gasteiger partial charge on any atom is -0.466 e. The van der Waals surface area contributed by atoms with Crippen LogP contribution in [0.5, 0.6) is 0 Å². The topological polar surface area (TPSA) is 125 Å². The maximum atomic E-state index is 14.0. The summed E-state index contributed by atoms with van der Waals surface area (Å²) < 4.78 is 52.8. The lowest BCUT2D eigenvalue weighted by Gasteiger charge is -2.35. The van der Waals surface area contributed by atoms with E-state index in [2.05, 4.69) is 24.7 Å². The van der Waals surface area contributed by atoms with Crippen LogP contribution in [0.25, 0.3) is 33.9 Å². The first-order valence-corrected chi connectivity index (χ1v) is 18.2. The van der Waals surface area contributed by atoms with Crippen molar-refractivity contribution < 1.29 is 27.4 Å². The molecule has 12 nitrogen and oxygen atoms in total. The van der Waals surface area contributed by atoms with Gasteiger partial charge in [0.2, 0.25) is 0 Å². The van der Waals surface area contributed by atoms with E-state index < -0.39 is 11.9 Å². The third-order valence-corrected chi connectivity index (χ3v) is 10.5. The number of hydrogen-bond acceptors (Lipinski definition) is 11. The molecule has 0 atom stereocenters. The second-order valence-electron chi connectivity index (χ2n) is 14.4. The van der Waals surface area contributed by atoms with Crippen LogP contribution in [0.1, 0.15) is 69.2 Å². The van der Waals surface area contributed by atoms with Crippen molar-refractivity contribution in [1.82, 2.24) is 34.8 Å². The molecule has 1 aliphatic heterocycles. The van der Waals surface area contributed by atoms with Crippen molar-refractivity contribution in [2.45, 2.75) is 64.0 Å². The molecular weight excluding hydrogens is 675 g/mol. The molecule has 0 bridgehead atoms. The molecule has 52 heavy (non-hydrogen) atoms. The molecule has 3 fully saturated rings. The highest BCUT2D eigenvalue weighted by Gasteiger charge is 2.37. The lowest BCUT2D eigenvalue weighted by Crippen LogP contribution is -2.47. The van der Waals surface area contributed by atoms with Gasteiger partial charge in [0.15, 0.2) is 11.5 Å². The van der Waals surface area contributed by atoms with Gasteiger partial charge < -0.3 is 24.3 Å². The first-order valence-electron chi connectivity index (χ1n) is 18.2. The van der Waals surface area contributed by atoms with Gasteiger partial charge in [-0.15, -0.1) is 0 Å². The highest BCUT2D eigenvalue weighted by molar-refractivity contribution is 5.91. The number of ether oxygens (including phenoxy) is 2. The molecule has 2 aliphatic carbocycles. The number of piperazine rings is 1. The number of imidazole rings is 1. The number of fused-ring (bicyclic) bond motifs is 1. The molecule has 2 saturated carbocycles. The summed E-state index contributed by atoms with van der Waals surface area (Å²) in [6.45, 7) is 7.29. The molecule has 0 unspecified atom stereocenters. The SMILES string of the molecule is CCOC(=O)CCN1CCN(c2cnc(-c3nc4nc(-c5cc(C6CC6)nc(C(F)(F)F)c5)cc(N(C)CC5(COC)CCCC5)c4[nH]3)cn2)CC1. The van der Waals surface area contributed by atoms with Gasteiger partial charge in [0.1, 0.15) is 22.7 Å². The maximum absolute atomic E-state index is 14.0. The predicted molar refractivity (Wildman–Crippen MR) is 191 cm³/mol. The highest BCUT2D eigenvalue weighted by Crippen LogP contribution is 2.44. The van der Waals surface area contributed by atoms with Crippen molar-refractivity contribution >= 4 is 28.6 Å². The molecule has 278 valence electrons. The third-order valence-electron chi connectivity index (χ3n) is 10.5. The molecule has 0 aromatic carbocycles. The Morgan fingerprint density at radius 3 is 2.44 bits per heavy atom. The Labute approximate surface area is 301 Å². The molecule has 4 aromatic rings. The van der Waals surface area contributed by atoms with Crippen LogP contribution < -0.4 is 9.80 Å². The standard InChI is InChI=1S/C37H46F3N9O3/c1-4-52-32(50)9-12-48-13-15-49(16-14-48)31-21-41-28(20-42-31)34-45-33-29(47(2)22-36(23-51-3)10-5-6-11-36)19-27(44-35(33)46-34)25-17-26(24-7-8-24)43-30(18-25)37(38,39)40/h17-21,24H,4-16,22-23H2,1-3H3,(H,44,45,46). The van der Waals surface area contributed by atoms with Crippen LogP contribution >= 0.6 is 0 Å². The first-order chi connectivity index (χ1) is 25.0. The second-order valence-corrected chi connectivity index (χ2v) is 14.4. The van der Waals surface area contributed by atoms with E-state index in [4.69, 9.17) is 29.4 Å². The van der Waals surface area contributed by atoms with Crippen LogP contribution in [0.4, 0.5) is 24.7 Å². The fourth-order valence-corrected chi connectivity index (χ4v) is 7.63. The van der Waals surface area contributed by atoms with Gasteiger partial charge in [0, 0.05) is 76.0 Å². The molecule has 7 rings (SSSR count). The van der Waals surface area contributed by atoms with Crippen LogP contribution in [0.3, 0.4) is 0 Å². The number of nitrogens with one attached hydrogen (secondary N) is 1. The van der Waals surface area contributed by atoms with Gasteiger partial charge >= 0.3 is 12.1 Å². The van der Waals surface area contributed by atoms with Crippen molar-refractivity contribution in [3.05, 3.63) is 42.0 Å². The summed E-state index contributed by atoms with van der Waals surface area (Å²) in [5.74, 6) is 1.06. The van der Waals surface area contributed by atoms with Crippen molar-refractivity contribution in [3.8, 4) is 22.8 Å². The Bertz CT molecular complexity index is 1870. The minimum atomic E-state index is -4.58. The summed E-state index contributed by atoms with van der Waals surface area (Å²) in [5, 5.41) is 0. The smallest absolute Gasteiger partial charge is 0.433 e. The van der Waals surface area contributed by atoms with E-state index in [-0.39, 0.29) is 17.3 Å². The van der Waals surface area contributed by atoms with Crippen molar-refractivity contribution in [3.63, 3.8) is 0 Å². The number of methoxy groups -OCH3 is 1. The maximum Gasteiger partial charge on any atom is 0.433 e. The number of hydrogen-bond donors (Lipinski definition) is 1. The van der Waals surface area contributed by atoms with Gasteiger partial charge in [-0.1, -0.05) is 12.8 Å². The summed E-state index contributed by atoms with van der Waals surface area (Å²) in [4.78, 5) is 44.8. The normalized spacial score (nSPS) is 17.9.